The van der Waals surface area contributed by atoms with Crippen molar-refractivity contribution in [2.45, 2.75) is 38.9 Å². The van der Waals surface area contributed by atoms with Crippen molar-refractivity contribution in [2.24, 2.45) is 5.92 Å². The first kappa shape index (κ1) is 16.9. The maximum absolute atomic E-state index is 13.0. The topological polar surface area (TPSA) is 67.5 Å². The van der Waals surface area contributed by atoms with Crippen molar-refractivity contribution >= 4 is 22.8 Å². The summed E-state index contributed by atoms with van der Waals surface area (Å²) in [5.74, 6) is -0.0393. The normalized spacial score (nSPS) is 22.9. The van der Waals surface area contributed by atoms with Crippen molar-refractivity contribution in [1.82, 2.24) is 18.9 Å². The van der Waals surface area contributed by atoms with E-state index in [1.54, 1.807) is 21.1 Å². The molecule has 0 N–H and O–H groups in total. The number of carbonyl (C=O) groups is 2. The molecule has 0 unspecified atom stereocenters. The number of piperidine rings is 1. The average Bonchev–Trinajstić information content (AvgIpc) is 3.09. The molecule has 2 atom stereocenters. The number of amides is 2. The highest BCUT2D eigenvalue weighted by atomic mass is 16.2. The number of aryl methyl sites for hydroxylation is 1. The fourth-order valence-corrected chi connectivity index (χ4v) is 4.49. The smallest absolute Gasteiger partial charge is 0.329 e. The zero-order valence-electron chi connectivity index (χ0n) is 15.2. The highest BCUT2D eigenvalue weighted by Gasteiger charge is 2.45. The van der Waals surface area contributed by atoms with E-state index in [-0.39, 0.29) is 36.0 Å². The molecular weight excluding hydrogens is 332 g/mol. The Hall–Kier alpha value is -2.57. The molecule has 2 amide bonds. The number of aromatic nitrogens is 2. The molecule has 2 aliphatic rings. The Morgan fingerprint density at radius 1 is 1.15 bits per heavy atom. The number of imidazole rings is 1. The number of likely N-dealkylation sites (N-methyl/N-ethyl adjacent to an activating group) is 1. The molecule has 26 heavy (non-hydrogen) atoms. The van der Waals surface area contributed by atoms with Gasteiger partial charge >= 0.3 is 5.69 Å². The van der Waals surface area contributed by atoms with Crippen LogP contribution in [-0.2, 0) is 22.7 Å². The van der Waals surface area contributed by atoms with Gasteiger partial charge in [0.1, 0.15) is 6.54 Å². The zero-order valence-corrected chi connectivity index (χ0v) is 15.2. The van der Waals surface area contributed by atoms with Gasteiger partial charge in [-0.05, 0) is 31.9 Å². The van der Waals surface area contributed by atoms with Crippen LogP contribution < -0.4 is 5.69 Å². The Balaban J connectivity index is 1.65. The summed E-state index contributed by atoms with van der Waals surface area (Å²) >= 11 is 0. The molecule has 3 heterocycles. The van der Waals surface area contributed by atoms with Crippen molar-refractivity contribution in [2.75, 3.05) is 20.1 Å². The number of para-hydroxylation sites is 2. The third-order valence-corrected chi connectivity index (χ3v) is 5.79. The van der Waals surface area contributed by atoms with Crippen LogP contribution >= 0.6 is 0 Å². The van der Waals surface area contributed by atoms with Crippen LogP contribution in [0.5, 0.6) is 0 Å². The molecule has 0 aliphatic carbocycles. The summed E-state index contributed by atoms with van der Waals surface area (Å²) in [6.45, 7) is 3.75. The summed E-state index contributed by atoms with van der Waals surface area (Å²) in [6.07, 6.45) is 1.67. The maximum Gasteiger partial charge on any atom is 0.329 e. The fraction of sp³-hybridized carbons (Fsp3) is 0.526. The minimum atomic E-state index is -0.157. The predicted octanol–water partition coefficient (Wildman–Crippen LogP) is 0.902. The maximum atomic E-state index is 13.0. The van der Waals surface area contributed by atoms with Crippen molar-refractivity contribution in [3.63, 3.8) is 0 Å². The largest absolute Gasteiger partial charge is 0.343 e. The van der Waals surface area contributed by atoms with Gasteiger partial charge in [-0.15, -0.1) is 0 Å². The average molecular weight is 356 g/mol. The van der Waals surface area contributed by atoms with Crippen molar-refractivity contribution in [1.29, 1.82) is 0 Å². The molecular formula is C19H24N4O3. The van der Waals surface area contributed by atoms with Crippen molar-refractivity contribution < 1.29 is 9.59 Å². The van der Waals surface area contributed by atoms with Gasteiger partial charge in [-0.25, -0.2) is 4.79 Å². The molecule has 4 rings (SSSR count). The van der Waals surface area contributed by atoms with Crippen LogP contribution in [0.25, 0.3) is 11.0 Å². The molecule has 0 spiro atoms. The molecule has 7 heteroatoms. The van der Waals surface area contributed by atoms with Gasteiger partial charge in [0.05, 0.1) is 23.0 Å². The van der Waals surface area contributed by atoms with Gasteiger partial charge < -0.3 is 9.80 Å². The molecule has 0 saturated carbocycles. The van der Waals surface area contributed by atoms with E-state index in [2.05, 4.69) is 0 Å². The molecule has 138 valence electrons. The summed E-state index contributed by atoms with van der Waals surface area (Å²) in [5, 5.41) is 0. The lowest BCUT2D eigenvalue weighted by atomic mass is 9.91. The molecule has 0 bridgehead atoms. The Labute approximate surface area is 151 Å². The summed E-state index contributed by atoms with van der Waals surface area (Å²) in [5.41, 5.74) is 1.47. The van der Waals surface area contributed by atoms with Crippen LogP contribution in [0.4, 0.5) is 0 Å². The van der Waals surface area contributed by atoms with Gasteiger partial charge in [0, 0.05) is 26.7 Å². The lowest BCUT2D eigenvalue weighted by Gasteiger charge is -2.36. The number of fused-ring (bicyclic) bond motifs is 2. The number of nitrogens with zero attached hydrogens (tertiary/aromatic N) is 4. The molecule has 2 fully saturated rings. The van der Waals surface area contributed by atoms with Crippen LogP contribution in [0.2, 0.25) is 0 Å². The van der Waals surface area contributed by atoms with E-state index in [0.29, 0.717) is 19.6 Å². The number of hydrogen-bond donors (Lipinski definition) is 0. The van der Waals surface area contributed by atoms with E-state index in [4.69, 9.17) is 0 Å². The fourth-order valence-electron chi connectivity index (χ4n) is 4.49. The predicted molar refractivity (Wildman–Crippen MR) is 97.7 cm³/mol. The molecule has 2 aliphatic heterocycles. The highest BCUT2D eigenvalue weighted by Crippen LogP contribution is 2.31. The van der Waals surface area contributed by atoms with E-state index >= 15 is 0 Å². The first-order chi connectivity index (χ1) is 12.5. The van der Waals surface area contributed by atoms with Crippen molar-refractivity contribution in [3.8, 4) is 0 Å². The Morgan fingerprint density at radius 3 is 2.54 bits per heavy atom. The number of likely N-dealkylation sites (tertiary alicyclic amines) is 2. The molecule has 2 aromatic rings. The quantitative estimate of drug-likeness (QED) is 0.821. The Morgan fingerprint density at radius 2 is 1.85 bits per heavy atom. The summed E-state index contributed by atoms with van der Waals surface area (Å²) in [7, 11) is 1.79. The van der Waals surface area contributed by atoms with Crippen molar-refractivity contribution in [3.05, 3.63) is 34.7 Å². The van der Waals surface area contributed by atoms with E-state index in [0.717, 1.165) is 23.9 Å². The van der Waals surface area contributed by atoms with E-state index in [1.165, 1.54) is 0 Å². The zero-order chi connectivity index (χ0) is 18.4. The van der Waals surface area contributed by atoms with E-state index in [1.807, 2.05) is 36.1 Å². The van der Waals surface area contributed by atoms with Crippen LogP contribution in [0.15, 0.2) is 29.1 Å². The summed E-state index contributed by atoms with van der Waals surface area (Å²) in [6, 6.07) is 7.49. The van der Waals surface area contributed by atoms with Crippen LogP contribution in [0.1, 0.15) is 19.8 Å². The Kier molecular flexibility index (Phi) is 4.09. The first-order valence-corrected chi connectivity index (χ1v) is 9.25. The van der Waals surface area contributed by atoms with E-state index in [9.17, 15) is 14.4 Å². The monoisotopic (exact) mass is 356 g/mol. The second kappa shape index (κ2) is 6.30. The number of hydrogen-bond acceptors (Lipinski definition) is 3. The van der Waals surface area contributed by atoms with Crippen LogP contribution in [0.3, 0.4) is 0 Å². The second-order valence-corrected chi connectivity index (χ2v) is 7.22. The Bertz CT molecular complexity index is 928. The van der Waals surface area contributed by atoms with Gasteiger partial charge in [0.25, 0.3) is 0 Å². The number of carbonyl (C=O) groups excluding carboxylic acids is 2. The highest BCUT2D eigenvalue weighted by molar-refractivity contribution is 5.85. The molecule has 1 aromatic carbocycles. The minimum Gasteiger partial charge on any atom is -0.343 e. The molecule has 0 radical (unpaired) electrons. The van der Waals surface area contributed by atoms with Crippen LogP contribution in [0, 0.1) is 5.92 Å². The van der Waals surface area contributed by atoms with Crippen LogP contribution in [-0.4, -0.2) is 56.9 Å². The molecule has 2 saturated heterocycles. The molecule has 7 nitrogen and oxygen atoms in total. The van der Waals surface area contributed by atoms with E-state index < -0.39 is 0 Å². The van der Waals surface area contributed by atoms with Gasteiger partial charge in [-0.1, -0.05) is 12.1 Å². The lowest BCUT2D eigenvalue weighted by Crippen LogP contribution is -2.50. The third kappa shape index (κ3) is 2.45. The minimum absolute atomic E-state index is 0.0213. The third-order valence-electron chi connectivity index (χ3n) is 5.79. The van der Waals surface area contributed by atoms with Gasteiger partial charge in [0.15, 0.2) is 0 Å². The van der Waals surface area contributed by atoms with Gasteiger partial charge in [-0.2, -0.15) is 0 Å². The first-order valence-electron chi connectivity index (χ1n) is 9.25. The number of benzene rings is 1. The standard InChI is InChI=1S/C19H24N4O3/c1-3-21-14-8-4-5-9-15(14)23(19(21)26)12-17(24)22-10-6-7-13-16(22)11-20(2)18(13)25/h4-5,8-9,13,16H,3,6-7,10-12H2,1-2H3/t13-,16-/m1/s1. The van der Waals surface area contributed by atoms with Gasteiger partial charge in [0.2, 0.25) is 11.8 Å². The SMILES string of the molecule is CCn1c(=O)n(CC(=O)N2CCC[C@H]3C(=O)N(C)C[C@H]32)c2ccccc21. The summed E-state index contributed by atoms with van der Waals surface area (Å²) < 4.78 is 3.25. The van der Waals surface area contributed by atoms with Gasteiger partial charge in [-0.3, -0.25) is 18.7 Å². The summed E-state index contributed by atoms with van der Waals surface area (Å²) in [4.78, 5) is 41.6. The molecule has 1 aromatic heterocycles. The second-order valence-electron chi connectivity index (χ2n) is 7.22. The lowest BCUT2D eigenvalue weighted by molar-refractivity contribution is -0.137. The number of rotatable bonds is 3.